The number of rotatable bonds is 4. The Balaban J connectivity index is 1.45. The third-order valence-electron chi connectivity index (χ3n) is 5.04. The number of pyridine rings is 1. The molecule has 0 spiro atoms. The summed E-state index contributed by atoms with van der Waals surface area (Å²) < 4.78 is 27.6. The maximum Gasteiger partial charge on any atom is 0.243 e. The fraction of sp³-hybridized carbons (Fsp3) is 0.182. The van der Waals surface area contributed by atoms with Crippen molar-refractivity contribution in [3.05, 3.63) is 78.5 Å². The van der Waals surface area contributed by atoms with Crippen LogP contribution < -0.4 is 4.90 Å². The average Bonchev–Trinajstić information content (AvgIpc) is 2.80. The molecular formula is C22H20N4O2S. The monoisotopic (exact) mass is 404 g/mol. The van der Waals surface area contributed by atoms with Crippen LogP contribution in [-0.2, 0) is 10.0 Å². The van der Waals surface area contributed by atoms with Crippen LogP contribution in [0.2, 0.25) is 0 Å². The van der Waals surface area contributed by atoms with Gasteiger partial charge in [0.05, 0.1) is 10.5 Å². The van der Waals surface area contributed by atoms with Gasteiger partial charge in [0.2, 0.25) is 10.0 Å². The molecule has 0 unspecified atom stereocenters. The molecule has 7 heteroatoms. The predicted octanol–water partition coefficient (Wildman–Crippen LogP) is 3.13. The van der Waals surface area contributed by atoms with Crippen LogP contribution in [0.4, 0.5) is 5.82 Å². The van der Waals surface area contributed by atoms with Gasteiger partial charge in [0.25, 0.3) is 0 Å². The number of hydrogen-bond acceptors (Lipinski definition) is 5. The second-order valence-electron chi connectivity index (χ2n) is 6.80. The molecule has 146 valence electrons. The summed E-state index contributed by atoms with van der Waals surface area (Å²) in [5, 5.41) is 8.88. The maximum atomic E-state index is 13.0. The fourth-order valence-corrected chi connectivity index (χ4v) is 4.82. The Labute approximate surface area is 170 Å². The van der Waals surface area contributed by atoms with E-state index < -0.39 is 10.0 Å². The number of hydrogen-bond donors (Lipinski definition) is 0. The van der Waals surface area contributed by atoms with E-state index in [2.05, 4.69) is 4.98 Å². The zero-order valence-electron chi connectivity index (χ0n) is 15.8. The number of sulfonamides is 1. The van der Waals surface area contributed by atoms with Gasteiger partial charge in [-0.25, -0.2) is 13.4 Å². The molecule has 3 aromatic rings. The van der Waals surface area contributed by atoms with Crippen LogP contribution in [0.15, 0.2) is 77.8 Å². The molecule has 0 aliphatic carbocycles. The van der Waals surface area contributed by atoms with Gasteiger partial charge in [-0.3, -0.25) is 0 Å². The van der Waals surface area contributed by atoms with E-state index in [-0.39, 0.29) is 0 Å². The summed E-state index contributed by atoms with van der Waals surface area (Å²) in [6, 6.07) is 22.5. The highest BCUT2D eigenvalue weighted by Gasteiger charge is 2.28. The summed E-state index contributed by atoms with van der Waals surface area (Å²) in [6.45, 7) is 1.90. The minimum Gasteiger partial charge on any atom is -0.354 e. The molecule has 1 aromatic heterocycles. The second-order valence-corrected chi connectivity index (χ2v) is 8.74. The molecule has 1 aliphatic heterocycles. The summed E-state index contributed by atoms with van der Waals surface area (Å²) in [4.78, 5) is 6.63. The molecule has 0 atom stereocenters. The molecule has 2 aromatic carbocycles. The first-order valence-electron chi connectivity index (χ1n) is 9.35. The van der Waals surface area contributed by atoms with Crippen molar-refractivity contribution in [2.24, 2.45) is 0 Å². The number of aromatic nitrogens is 1. The number of benzene rings is 2. The molecule has 0 N–H and O–H groups in total. The zero-order chi connectivity index (χ0) is 20.3. The molecule has 2 heterocycles. The number of nitriles is 1. The summed E-state index contributed by atoms with van der Waals surface area (Å²) in [7, 11) is -3.53. The van der Waals surface area contributed by atoms with Gasteiger partial charge in [-0.2, -0.15) is 9.57 Å². The second kappa shape index (κ2) is 8.03. The number of anilines is 1. The van der Waals surface area contributed by atoms with Gasteiger partial charge in [-0.15, -0.1) is 0 Å². The van der Waals surface area contributed by atoms with Crippen molar-refractivity contribution in [2.75, 3.05) is 31.1 Å². The first kappa shape index (κ1) is 19.1. The van der Waals surface area contributed by atoms with E-state index in [0.717, 1.165) is 16.9 Å². The quantitative estimate of drug-likeness (QED) is 0.668. The van der Waals surface area contributed by atoms with Gasteiger partial charge in [-0.1, -0.05) is 42.5 Å². The summed E-state index contributed by atoms with van der Waals surface area (Å²) in [5.41, 5.74) is 2.55. The first-order valence-corrected chi connectivity index (χ1v) is 10.8. The van der Waals surface area contributed by atoms with Crippen LogP contribution in [0.3, 0.4) is 0 Å². The van der Waals surface area contributed by atoms with Crippen molar-refractivity contribution >= 4 is 15.8 Å². The highest BCUT2D eigenvalue weighted by Crippen LogP contribution is 2.24. The van der Waals surface area contributed by atoms with Gasteiger partial charge < -0.3 is 4.90 Å². The Morgan fingerprint density at radius 1 is 0.828 bits per heavy atom. The molecular weight excluding hydrogens is 384 g/mol. The third-order valence-corrected chi connectivity index (χ3v) is 6.95. The summed E-state index contributed by atoms with van der Waals surface area (Å²) in [6.07, 6.45) is 1.53. The van der Waals surface area contributed by atoms with Crippen LogP contribution in [0.1, 0.15) is 5.56 Å². The lowest BCUT2D eigenvalue weighted by molar-refractivity contribution is 0.384. The summed E-state index contributed by atoms with van der Waals surface area (Å²) in [5.74, 6) is 0.758. The third kappa shape index (κ3) is 3.99. The minimum absolute atomic E-state index is 0.308. The van der Waals surface area contributed by atoms with Gasteiger partial charge >= 0.3 is 0 Å². The Morgan fingerprint density at radius 3 is 2.07 bits per heavy atom. The molecule has 1 fully saturated rings. The molecule has 4 rings (SSSR count). The molecule has 0 amide bonds. The predicted molar refractivity (Wildman–Crippen MR) is 112 cm³/mol. The maximum absolute atomic E-state index is 13.0. The first-order chi connectivity index (χ1) is 14.1. The molecule has 6 nitrogen and oxygen atoms in total. The van der Waals surface area contributed by atoms with E-state index >= 15 is 0 Å². The van der Waals surface area contributed by atoms with Crippen molar-refractivity contribution in [1.82, 2.24) is 9.29 Å². The molecule has 1 aliphatic rings. The smallest absolute Gasteiger partial charge is 0.243 e. The van der Waals surface area contributed by atoms with E-state index in [1.807, 2.05) is 53.4 Å². The largest absolute Gasteiger partial charge is 0.354 e. The van der Waals surface area contributed by atoms with E-state index in [1.165, 1.54) is 10.5 Å². The van der Waals surface area contributed by atoms with Crippen LogP contribution in [0, 0.1) is 11.3 Å². The lowest BCUT2D eigenvalue weighted by atomic mass is 10.1. The van der Waals surface area contributed by atoms with E-state index in [0.29, 0.717) is 36.6 Å². The van der Waals surface area contributed by atoms with Crippen molar-refractivity contribution in [1.29, 1.82) is 5.26 Å². The van der Waals surface area contributed by atoms with Crippen LogP contribution in [0.5, 0.6) is 0 Å². The van der Waals surface area contributed by atoms with Gasteiger partial charge in [0.15, 0.2) is 0 Å². The van der Waals surface area contributed by atoms with Crippen LogP contribution in [-0.4, -0.2) is 43.9 Å². The Kier molecular flexibility index (Phi) is 5.30. The minimum atomic E-state index is -3.53. The van der Waals surface area contributed by atoms with E-state index in [9.17, 15) is 8.42 Å². The Bertz CT molecular complexity index is 1110. The van der Waals surface area contributed by atoms with Gasteiger partial charge in [0.1, 0.15) is 11.9 Å². The van der Waals surface area contributed by atoms with Crippen molar-refractivity contribution < 1.29 is 8.42 Å². The van der Waals surface area contributed by atoms with Crippen LogP contribution >= 0.6 is 0 Å². The van der Waals surface area contributed by atoms with Gasteiger partial charge in [0, 0.05) is 32.4 Å². The van der Waals surface area contributed by atoms with Crippen molar-refractivity contribution in [2.45, 2.75) is 4.90 Å². The van der Waals surface area contributed by atoms with E-state index in [4.69, 9.17) is 5.26 Å². The number of piperazine rings is 1. The lowest BCUT2D eigenvalue weighted by Crippen LogP contribution is -2.48. The molecule has 0 radical (unpaired) electrons. The molecule has 1 saturated heterocycles. The van der Waals surface area contributed by atoms with Gasteiger partial charge in [-0.05, 0) is 35.4 Å². The summed E-state index contributed by atoms with van der Waals surface area (Å²) >= 11 is 0. The highest BCUT2D eigenvalue weighted by atomic mass is 32.2. The SMILES string of the molecule is N#Cc1ccc(N2CCN(S(=O)(=O)c3ccc(-c4ccccc4)cc3)CC2)nc1. The fourth-order valence-electron chi connectivity index (χ4n) is 3.40. The Morgan fingerprint density at radius 2 is 1.48 bits per heavy atom. The lowest BCUT2D eigenvalue weighted by Gasteiger charge is -2.34. The topological polar surface area (TPSA) is 77.3 Å². The van der Waals surface area contributed by atoms with Crippen LogP contribution in [0.25, 0.3) is 11.1 Å². The molecule has 0 saturated carbocycles. The standard InChI is InChI=1S/C22H20N4O2S/c23-16-18-6-11-22(24-17-18)25-12-14-26(15-13-25)29(27,28)21-9-7-20(8-10-21)19-4-2-1-3-5-19/h1-11,17H,12-15H2. The molecule has 29 heavy (non-hydrogen) atoms. The Hall–Kier alpha value is -3.21. The highest BCUT2D eigenvalue weighted by molar-refractivity contribution is 7.89. The van der Waals surface area contributed by atoms with E-state index in [1.54, 1.807) is 24.3 Å². The zero-order valence-corrected chi connectivity index (χ0v) is 16.6. The molecule has 0 bridgehead atoms. The average molecular weight is 404 g/mol. The van der Waals surface area contributed by atoms with Crippen molar-refractivity contribution in [3.63, 3.8) is 0 Å². The normalized spacial score (nSPS) is 15.1. The van der Waals surface area contributed by atoms with Crippen molar-refractivity contribution in [3.8, 4) is 17.2 Å². The number of nitrogens with zero attached hydrogens (tertiary/aromatic N) is 4.